The lowest BCUT2D eigenvalue weighted by Crippen LogP contribution is -2.29. The van der Waals surface area contributed by atoms with Gasteiger partial charge in [-0.3, -0.25) is 11.3 Å². The molecule has 108 valence electrons. The molecule has 1 atom stereocenters. The molecule has 3 N–H and O–H groups in total. The Morgan fingerprint density at radius 2 is 2.00 bits per heavy atom. The summed E-state index contributed by atoms with van der Waals surface area (Å²) in [5.41, 5.74) is 5.33. The largest absolute Gasteiger partial charge is 0.496 e. The number of hydrogen-bond donors (Lipinski definition) is 2. The number of methoxy groups -OCH3 is 1. The highest BCUT2D eigenvalue weighted by molar-refractivity contribution is 7.17. The highest BCUT2D eigenvalue weighted by atomic mass is 32.1. The number of para-hydroxylation sites is 1. The van der Waals surface area contributed by atoms with Crippen LogP contribution in [-0.2, 0) is 6.42 Å². The molecule has 0 bridgehead atoms. The first-order chi connectivity index (χ1) is 10.3. The van der Waals surface area contributed by atoms with E-state index in [-0.39, 0.29) is 6.04 Å². The van der Waals surface area contributed by atoms with Crippen molar-refractivity contribution < 1.29 is 4.74 Å². The predicted molar refractivity (Wildman–Crippen MR) is 88.6 cm³/mol. The number of thiophene rings is 1. The highest BCUT2D eigenvalue weighted by Crippen LogP contribution is 2.31. The molecular weight excluding hydrogens is 280 g/mol. The van der Waals surface area contributed by atoms with Gasteiger partial charge in [0.15, 0.2) is 0 Å². The normalized spacial score (nSPS) is 12.5. The average molecular weight is 298 g/mol. The summed E-state index contributed by atoms with van der Waals surface area (Å²) < 4.78 is 6.72. The lowest BCUT2D eigenvalue weighted by molar-refractivity contribution is 0.406. The molecule has 1 heterocycles. The zero-order valence-corrected chi connectivity index (χ0v) is 12.7. The topological polar surface area (TPSA) is 47.3 Å². The van der Waals surface area contributed by atoms with Gasteiger partial charge in [-0.1, -0.05) is 36.4 Å². The highest BCUT2D eigenvalue weighted by Gasteiger charge is 2.16. The van der Waals surface area contributed by atoms with Gasteiger partial charge in [0.05, 0.1) is 13.2 Å². The van der Waals surface area contributed by atoms with Crippen molar-refractivity contribution in [2.24, 2.45) is 5.84 Å². The minimum Gasteiger partial charge on any atom is -0.496 e. The molecule has 21 heavy (non-hydrogen) atoms. The van der Waals surface area contributed by atoms with E-state index in [0.29, 0.717) is 0 Å². The second-order valence-electron chi connectivity index (χ2n) is 4.92. The lowest BCUT2D eigenvalue weighted by Gasteiger charge is -2.18. The van der Waals surface area contributed by atoms with Crippen molar-refractivity contribution in [2.45, 2.75) is 12.5 Å². The molecule has 0 saturated heterocycles. The van der Waals surface area contributed by atoms with E-state index in [0.717, 1.165) is 17.7 Å². The Labute approximate surface area is 128 Å². The monoisotopic (exact) mass is 298 g/mol. The van der Waals surface area contributed by atoms with Crippen LogP contribution in [0.2, 0.25) is 0 Å². The fourth-order valence-corrected chi connectivity index (χ4v) is 3.61. The molecule has 2 aromatic carbocycles. The number of hydrogen-bond acceptors (Lipinski definition) is 4. The summed E-state index contributed by atoms with van der Waals surface area (Å²) in [6.45, 7) is 0. The molecule has 1 aromatic heterocycles. The van der Waals surface area contributed by atoms with Crippen molar-refractivity contribution >= 4 is 21.4 Å². The summed E-state index contributed by atoms with van der Waals surface area (Å²) in [5.74, 6) is 6.72. The smallest absolute Gasteiger partial charge is 0.122 e. The van der Waals surface area contributed by atoms with Gasteiger partial charge in [-0.05, 0) is 40.4 Å². The van der Waals surface area contributed by atoms with Crippen molar-refractivity contribution in [3.8, 4) is 5.75 Å². The van der Waals surface area contributed by atoms with Crippen molar-refractivity contribution in [1.29, 1.82) is 0 Å². The number of ether oxygens (including phenoxy) is 1. The van der Waals surface area contributed by atoms with Crippen LogP contribution in [-0.4, -0.2) is 7.11 Å². The molecular formula is C17H18N2OS. The molecule has 0 fully saturated rings. The molecule has 0 spiro atoms. The van der Waals surface area contributed by atoms with Crippen LogP contribution in [0.5, 0.6) is 5.75 Å². The molecule has 0 aliphatic rings. The summed E-state index contributed by atoms with van der Waals surface area (Å²) >= 11 is 1.75. The second-order valence-corrected chi connectivity index (χ2v) is 5.84. The van der Waals surface area contributed by atoms with E-state index >= 15 is 0 Å². The van der Waals surface area contributed by atoms with Crippen LogP contribution in [0, 0.1) is 0 Å². The Hall–Kier alpha value is -1.88. The first-order valence-electron chi connectivity index (χ1n) is 6.87. The van der Waals surface area contributed by atoms with Gasteiger partial charge in [0.1, 0.15) is 5.75 Å². The van der Waals surface area contributed by atoms with E-state index in [9.17, 15) is 0 Å². The number of fused-ring (bicyclic) bond motifs is 1. The zero-order chi connectivity index (χ0) is 14.7. The Balaban J connectivity index is 1.97. The van der Waals surface area contributed by atoms with E-state index in [2.05, 4.69) is 41.1 Å². The third-order valence-corrected chi connectivity index (χ3v) is 4.68. The van der Waals surface area contributed by atoms with Crippen LogP contribution in [0.4, 0.5) is 0 Å². The molecule has 0 aliphatic heterocycles. The Morgan fingerprint density at radius 3 is 2.81 bits per heavy atom. The predicted octanol–water partition coefficient (Wildman–Crippen LogP) is 3.66. The van der Waals surface area contributed by atoms with E-state index in [1.165, 1.54) is 15.6 Å². The summed E-state index contributed by atoms with van der Waals surface area (Å²) in [7, 11) is 1.70. The molecule has 0 amide bonds. The van der Waals surface area contributed by atoms with Gasteiger partial charge in [-0.2, -0.15) is 0 Å². The summed E-state index contributed by atoms with van der Waals surface area (Å²) in [4.78, 5) is 0. The Kier molecular flexibility index (Phi) is 4.20. The Morgan fingerprint density at radius 1 is 1.14 bits per heavy atom. The molecule has 0 saturated carbocycles. The third-order valence-electron chi connectivity index (χ3n) is 3.70. The quantitative estimate of drug-likeness (QED) is 0.558. The fraction of sp³-hybridized carbons (Fsp3) is 0.176. The number of hydrazine groups is 1. The third kappa shape index (κ3) is 2.78. The van der Waals surface area contributed by atoms with E-state index in [1.54, 1.807) is 18.4 Å². The van der Waals surface area contributed by atoms with Gasteiger partial charge >= 0.3 is 0 Å². The Bertz CT molecular complexity index is 738. The number of nitrogens with two attached hydrogens (primary N) is 1. The first kappa shape index (κ1) is 14.1. The van der Waals surface area contributed by atoms with Gasteiger partial charge in [0.2, 0.25) is 0 Å². The van der Waals surface area contributed by atoms with Gasteiger partial charge < -0.3 is 4.74 Å². The zero-order valence-electron chi connectivity index (χ0n) is 11.9. The molecule has 0 radical (unpaired) electrons. The minimum atomic E-state index is 0.0589. The van der Waals surface area contributed by atoms with Crippen molar-refractivity contribution in [1.82, 2.24) is 5.43 Å². The maximum atomic E-state index is 5.82. The van der Waals surface area contributed by atoms with E-state index in [1.807, 2.05) is 18.2 Å². The fourth-order valence-electron chi connectivity index (χ4n) is 2.64. The number of rotatable bonds is 5. The van der Waals surface area contributed by atoms with Crippen LogP contribution in [0.3, 0.4) is 0 Å². The van der Waals surface area contributed by atoms with Crippen LogP contribution < -0.4 is 16.0 Å². The van der Waals surface area contributed by atoms with Crippen LogP contribution >= 0.6 is 11.3 Å². The van der Waals surface area contributed by atoms with Gasteiger partial charge in [-0.15, -0.1) is 11.3 Å². The molecule has 0 aliphatic carbocycles. The van der Waals surface area contributed by atoms with E-state index < -0.39 is 0 Å². The standard InChI is InChI=1S/C17H18N2OS/c1-20-16-8-3-2-5-13(16)11-15(19-18)14-7-4-6-12-9-10-21-17(12)14/h2-10,15,19H,11,18H2,1H3. The maximum absolute atomic E-state index is 5.82. The maximum Gasteiger partial charge on any atom is 0.122 e. The summed E-state index contributed by atoms with van der Waals surface area (Å²) in [5, 5.41) is 3.38. The molecule has 3 rings (SSSR count). The van der Waals surface area contributed by atoms with Gasteiger partial charge in [-0.25, -0.2) is 0 Å². The van der Waals surface area contributed by atoms with Crippen LogP contribution in [0.15, 0.2) is 53.9 Å². The molecule has 3 nitrogen and oxygen atoms in total. The van der Waals surface area contributed by atoms with E-state index in [4.69, 9.17) is 10.6 Å². The summed E-state index contributed by atoms with van der Waals surface area (Å²) in [6.07, 6.45) is 0.789. The minimum absolute atomic E-state index is 0.0589. The van der Waals surface area contributed by atoms with Gasteiger partial charge in [0, 0.05) is 4.70 Å². The number of benzene rings is 2. The molecule has 1 unspecified atom stereocenters. The summed E-state index contributed by atoms with van der Waals surface area (Å²) in [6, 6.07) is 16.6. The van der Waals surface area contributed by atoms with Crippen molar-refractivity contribution in [2.75, 3.05) is 7.11 Å². The average Bonchev–Trinajstić information content (AvgIpc) is 3.01. The van der Waals surface area contributed by atoms with Crippen molar-refractivity contribution in [3.63, 3.8) is 0 Å². The SMILES string of the molecule is COc1ccccc1CC(NN)c1cccc2ccsc12. The second kappa shape index (κ2) is 6.26. The van der Waals surface area contributed by atoms with Crippen molar-refractivity contribution in [3.05, 3.63) is 65.0 Å². The van der Waals surface area contributed by atoms with Crippen LogP contribution in [0.25, 0.3) is 10.1 Å². The lowest BCUT2D eigenvalue weighted by atomic mass is 9.98. The van der Waals surface area contributed by atoms with Crippen LogP contribution in [0.1, 0.15) is 17.2 Å². The molecule has 4 heteroatoms. The first-order valence-corrected chi connectivity index (χ1v) is 7.75. The van der Waals surface area contributed by atoms with Gasteiger partial charge in [0.25, 0.3) is 0 Å². The number of nitrogens with one attached hydrogen (secondary N) is 1. The molecule has 3 aromatic rings.